The van der Waals surface area contributed by atoms with Gasteiger partial charge in [-0.05, 0) is 24.3 Å². The lowest BCUT2D eigenvalue weighted by atomic mass is 10.2. The number of fused-ring (bicyclic) bond motifs is 1. The molecular weight excluding hydrogens is 346 g/mol. The summed E-state index contributed by atoms with van der Waals surface area (Å²) in [6.07, 6.45) is 8.84. The molecule has 0 spiro atoms. The molecule has 3 aromatic heterocycles. The number of aliphatic hydroxyl groups is 1. The monoisotopic (exact) mass is 363 g/mol. The summed E-state index contributed by atoms with van der Waals surface area (Å²) in [6, 6.07) is 6.99. The van der Waals surface area contributed by atoms with E-state index in [9.17, 15) is 4.79 Å². The van der Waals surface area contributed by atoms with Crippen LogP contribution in [-0.4, -0.2) is 48.7 Å². The van der Waals surface area contributed by atoms with Gasteiger partial charge in [0.15, 0.2) is 11.5 Å². The second kappa shape index (κ2) is 7.26. The lowest BCUT2D eigenvalue weighted by molar-refractivity contribution is 0.0945. The van der Waals surface area contributed by atoms with Crippen molar-refractivity contribution < 1.29 is 9.90 Å². The molecule has 0 saturated heterocycles. The molecule has 0 unspecified atom stereocenters. The van der Waals surface area contributed by atoms with Crippen LogP contribution < -0.4 is 10.6 Å². The van der Waals surface area contributed by atoms with E-state index in [0.717, 1.165) is 16.9 Å². The molecular formula is C18H17N7O2. The van der Waals surface area contributed by atoms with E-state index in [-0.39, 0.29) is 19.1 Å². The van der Waals surface area contributed by atoms with Crippen molar-refractivity contribution in [2.45, 2.75) is 0 Å². The number of nitrogens with one attached hydrogen (secondary N) is 3. The Morgan fingerprint density at radius 1 is 1.19 bits per heavy atom. The van der Waals surface area contributed by atoms with E-state index in [1.807, 2.05) is 10.6 Å². The van der Waals surface area contributed by atoms with Gasteiger partial charge in [0.1, 0.15) is 0 Å². The normalized spacial score (nSPS) is 10.9. The van der Waals surface area contributed by atoms with Gasteiger partial charge in [-0.1, -0.05) is 0 Å². The first kappa shape index (κ1) is 16.7. The van der Waals surface area contributed by atoms with E-state index in [2.05, 4.69) is 30.8 Å². The van der Waals surface area contributed by atoms with Crippen molar-refractivity contribution in [3.05, 3.63) is 60.8 Å². The maximum absolute atomic E-state index is 11.9. The fourth-order valence-electron chi connectivity index (χ4n) is 2.72. The van der Waals surface area contributed by atoms with Gasteiger partial charge in [-0.25, -0.2) is 9.97 Å². The number of aromatic amines is 1. The number of aromatic nitrogens is 5. The average Bonchev–Trinajstić information content (AvgIpc) is 3.39. The van der Waals surface area contributed by atoms with Gasteiger partial charge in [-0.15, -0.1) is 0 Å². The summed E-state index contributed by atoms with van der Waals surface area (Å²) in [7, 11) is 0. The number of nitrogens with zero attached hydrogens (tertiary/aromatic N) is 4. The van der Waals surface area contributed by atoms with Crippen molar-refractivity contribution in [1.82, 2.24) is 29.9 Å². The zero-order valence-electron chi connectivity index (χ0n) is 14.3. The van der Waals surface area contributed by atoms with Gasteiger partial charge in [0, 0.05) is 41.9 Å². The zero-order chi connectivity index (χ0) is 18.6. The topological polar surface area (TPSA) is 120 Å². The van der Waals surface area contributed by atoms with Crippen LogP contribution in [0.5, 0.6) is 0 Å². The predicted octanol–water partition coefficient (Wildman–Crippen LogP) is 1.59. The zero-order valence-corrected chi connectivity index (χ0v) is 14.3. The molecule has 3 heterocycles. The lowest BCUT2D eigenvalue weighted by Crippen LogP contribution is -2.26. The summed E-state index contributed by atoms with van der Waals surface area (Å²) in [5, 5.41) is 21.4. The molecule has 4 N–H and O–H groups in total. The van der Waals surface area contributed by atoms with Gasteiger partial charge in [0.25, 0.3) is 5.91 Å². The Hall–Kier alpha value is -3.72. The maximum atomic E-state index is 11.9. The van der Waals surface area contributed by atoms with Crippen LogP contribution in [0.2, 0.25) is 0 Å². The summed E-state index contributed by atoms with van der Waals surface area (Å²) in [6.45, 7) is 0.135. The third kappa shape index (κ3) is 3.35. The molecule has 1 aromatic carbocycles. The molecule has 0 aliphatic rings. The van der Waals surface area contributed by atoms with Gasteiger partial charge >= 0.3 is 0 Å². The van der Waals surface area contributed by atoms with E-state index in [4.69, 9.17) is 5.11 Å². The van der Waals surface area contributed by atoms with Crippen LogP contribution in [0.15, 0.2) is 55.2 Å². The van der Waals surface area contributed by atoms with Crippen LogP contribution >= 0.6 is 0 Å². The number of anilines is 2. The highest BCUT2D eigenvalue weighted by molar-refractivity contribution is 5.94. The Bertz CT molecular complexity index is 1060. The highest BCUT2D eigenvalue weighted by Gasteiger charge is 2.11. The number of aliphatic hydroxyl groups excluding tert-OH is 1. The fourth-order valence-corrected chi connectivity index (χ4v) is 2.72. The molecule has 4 aromatic rings. The standard InChI is InChI=1S/C18H17N7O2/c26-8-6-20-18(27)12-1-3-14(4-2-12)24-16-17-19-5-7-25(17)15(11-21-16)13-9-22-23-10-13/h1-5,7,9-11,26H,6,8H2,(H,20,27)(H,21,24)(H,22,23). The molecule has 1 amide bonds. The molecule has 0 bridgehead atoms. The van der Waals surface area contributed by atoms with Crippen molar-refractivity contribution in [3.8, 4) is 11.3 Å². The fraction of sp³-hybridized carbons (Fsp3) is 0.111. The first-order valence-corrected chi connectivity index (χ1v) is 8.33. The molecule has 0 fully saturated rings. The smallest absolute Gasteiger partial charge is 0.251 e. The molecule has 0 saturated carbocycles. The minimum atomic E-state index is -0.228. The Morgan fingerprint density at radius 2 is 2.04 bits per heavy atom. The Kier molecular flexibility index (Phi) is 4.50. The Morgan fingerprint density at radius 3 is 2.78 bits per heavy atom. The van der Waals surface area contributed by atoms with E-state index < -0.39 is 0 Å². The molecule has 4 rings (SSSR count). The molecule has 27 heavy (non-hydrogen) atoms. The SMILES string of the molecule is O=C(NCCO)c1ccc(Nc2ncc(-c3cn[nH]c3)n3ccnc23)cc1. The van der Waals surface area contributed by atoms with E-state index in [0.29, 0.717) is 17.0 Å². The number of H-pyrrole nitrogens is 1. The van der Waals surface area contributed by atoms with Gasteiger partial charge in [0.2, 0.25) is 0 Å². The largest absolute Gasteiger partial charge is 0.395 e. The number of amides is 1. The molecule has 0 radical (unpaired) electrons. The number of carbonyl (C=O) groups excluding carboxylic acids is 1. The highest BCUT2D eigenvalue weighted by Crippen LogP contribution is 2.24. The van der Waals surface area contributed by atoms with Crippen LogP contribution in [-0.2, 0) is 0 Å². The van der Waals surface area contributed by atoms with Crippen LogP contribution in [0.3, 0.4) is 0 Å². The second-order valence-electron chi connectivity index (χ2n) is 5.78. The molecule has 9 nitrogen and oxygen atoms in total. The van der Waals surface area contributed by atoms with Crippen molar-refractivity contribution >= 4 is 23.1 Å². The van der Waals surface area contributed by atoms with Crippen LogP contribution in [0.1, 0.15) is 10.4 Å². The molecule has 136 valence electrons. The molecule has 9 heteroatoms. The number of benzene rings is 1. The number of hydrogen-bond donors (Lipinski definition) is 4. The third-order valence-electron chi connectivity index (χ3n) is 4.03. The Labute approximate surface area is 154 Å². The van der Waals surface area contributed by atoms with Crippen molar-refractivity contribution in [3.63, 3.8) is 0 Å². The van der Waals surface area contributed by atoms with E-state index >= 15 is 0 Å². The van der Waals surface area contributed by atoms with Crippen molar-refractivity contribution in [2.75, 3.05) is 18.5 Å². The first-order valence-electron chi connectivity index (χ1n) is 8.33. The minimum Gasteiger partial charge on any atom is -0.395 e. The minimum absolute atomic E-state index is 0.0911. The maximum Gasteiger partial charge on any atom is 0.251 e. The predicted molar refractivity (Wildman–Crippen MR) is 99.7 cm³/mol. The molecule has 0 aliphatic carbocycles. The van der Waals surface area contributed by atoms with E-state index in [1.165, 1.54) is 0 Å². The first-order chi connectivity index (χ1) is 13.3. The summed E-state index contributed by atoms with van der Waals surface area (Å²) >= 11 is 0. The lowest BCUT2D eigenvalue weighted by Gasteiger charge is -2.10. The summed E-state index contributed by atoms with van der Waals surface area (Å²) in [5.74, 6) is 0.374. The molecule has 0 aliphatic heterocycles. The average molecular weight is 363 g/mol. The Balaban J connectivity index is 1.58. The van der Waals surface area contributed by atoms with Gasteiger partial charge < -0.3 is 15.7 Å². The summed E-state index contributed by atoms with van der Waals surface area (Å²) in [4.78, 5) is 20.8. The van der Waals surface area contributed by atoms with Crippen molar-refractivity contribution in [1.29, 1.82) is 0 Å². The number of imidazole rings is 1. The van der Waals surface area contributed by atoms with Crippen LogP contribution in [0, 0.1) is 0 Å². The number of carbonyl (C=O) groups is 1. The second-order valence-corrected chi connectivity index (χ2v) is 5.78. The van der Waals surface area contributed by atoms with Gasteiger partial charge in [-0.2, -0.15) is 5.10 Å². The van der Waals surface area contributed by atoms with Crippen LogP contribution in [0.25, 0.3) is 16.9 Å². The van der Waals surface area contributed by atoms with Crippen LogP contribution in [0.4, 0.5) is 11.5 Å². The summed E-state index contributed by atoms with van der Waals surface area (Å²) < 4.78 is 1.93. The number of hydrogen-bond acceptors (Lipinski definition) is 6. The van der Waals surface area contributed by atoms with Crippen molar-refractivity contribution in [2.24, 2.45) is 0 Å². The van der Waals surface area contributed by atoms with Gasteiger partial charge in [0.05, 0.1) is 24.7 Å². The van der Waals surface area contributed by atoms with Gasteiger partial charge in [-0.3, -0.25) is 14.3 Å². The summed E-state index contributed by atoms with van der Waals surface area (Å²) in [5.41, 5.74) is 3.76. The highest BCUT2D eigenvalue weighted by atomic mass is 16.3. The molecule has 0 atom stereocenters. The quantitative estimate of drug-likeness (QED) is 0.413. The number of rotatable bonds is 6. The third-order valence-corrected chi connectivity index (χ3v) is 4.03. The van der Waals surface area contributed by atoms with E-state index in [1.54, 1.807) is 49.1 Å².